The number of rotatable bonds is 3. The van der Waals surface area contributed by atoms with Gasteiger partial charge in [-0.2, -0.15) is 0 Å². The molecular weight excluding hydrogens is 334 g/mol. The first-order chi connectivity index (χ1) is 11.4. The standard InChI is InChI=1S/C15H9N3O5S/c19-13-11(14(20)17-15(24)16-13)7-10-4-5-12(23-10)8-2-1-3-9(6-8)18(21)22/h1-7H,(H2,16,17,19,20,24). The van der Waals surface area contributed by atoms with Crippen LogP contribution in [0, 0.1) is 10.1 Å². The highest BCUT2D eigenvalue weighted by molar-refractivity contribution is 7.80. The van der Waals surface area contributed by atoms with Crippen LogP contribution in [0.2, 0.25) is 0 Å². The largest absolute Gasteiger partial charge is 0.457 e. The fourth-order valence-corrected chi connectivity index (χ4v) is 2.29. The van der Waals surface area contributed by atoms with Gasteiger partial charge in [0, 0.05) is 17.7 Å². The molecule has 2 aromatic rings. The number of nitro benzene ring substituents is 1. The quantitative estimate of drug-likeness (QED) is 0.289. The van der Waals surface area contributed by atoms with Gasteiger partial charge < -0.3 is 4.42 Å². The fraction of sp³-hybridized carbons (Fsp3) is 0. The first-order valence-corrected chi connectivity index (χ1v) is 7.08. The van der Waals surface area contributed by atoms with Gasteiger partial charge in [0.1, 0.15) is 17.1 Å². The molecule has 1 aromatic carbocycles. The zero-order valence-corrected chi connectivity index (χ0v) is 12.8. The molecule has 1 aromatic heterocycles. The average molecular weight is 343 g/mol. The Balaban J connectivity index is 1.91. The highest BCUT2D eigenvalue weighted by atomic mass is 32.1. The highest BCUT2D eigenvalue weighted by Gasteiger charge is 2.26. The Hall–Kier alpha value is -3.33. The third kappa shape index (κ3) is 3.06. The van der Waals surface area contributed by atoms with E-state index in [9.17, 15) is 19.7 Å². The number of amides is 2. The van der Waals surface area contributed by atoms with Crippen LogP contribution in [0.4, 0.5) is 5.69 Å². The van der Waals surface area contributed by atoms with Gasteiger partial charge >= 0.3 is 0 Å². The third-order valence-corrected chi connectivity index (χ3v) is 3.40. The monoisotopic (exact) mass is 343 g/mol. The maximum Gasteiger partial charge on any atom is 0.270 e. The molecule has 0 bridgehead atoms. The molecule has 1 fully saturated rings. The molecule has 0 unspecified atom stereocenters. The van der Waals surface area contributed by atoms with E-state index < -0.39 is 16.7 Å². The molecule has 0 atom stereocenters. The van der Waals surface area contributed by atoms with Crippen molar-refractivity contribution in [3.8, 4) is 11.3 Å². The SMILES string of the molecule is O=C1NC(=S)NC(=O)C1=Cc1ccc(-c2cccc([N+](=O)[O-])c2)o1. The number of non-ortho nitro benzene ring substituents is 1. The summed E-state index contributed by atoms with van der Waals surface area (Å²) in [7, 11) is 0. The summed E-state index contributed by atoms with van der Waals surface area (Å²) >= 11 is 4.71. The average Bonchev–Trinajstić information content (AvgIpc) is 2.99. The van der Waals surface area contributed by atoms with E-state index in [-0.39, 0.29) is 22.1 Å². The van der Waals surface area contributed by atoms with Crippen LogP contribution in [-0.2, 0) is 9.59 Å². The van der Waals surface area contributed by atoms with Crippen LogP contribution in [0.3, 0.4) is 0 Å². The predicted octanol–water partition coefficient (Wildman–Crippen LogP) is 1.77. The molecule has 0 radical (unpaired) electrons. The summed E-state index contributed by atoms with van der Waals surface area (Å²) in [6.45, 7) is 0. The summed E-state index contributed by atoms with van der Waals surface area (Å²) in [5, 5.41) is 15.4. The number of furan rings is 1. The molecule has 1 saturated heterocycles. The van der Waals surface area contributed by atoms with E-state index in [2.05, 4.69) is 10.6 Å². The maximum absolute atomic E-state index is 11.8. The van der Waals surface area contributed by atoms with Crippen molar-refractivity contribution >= 4 is 40.9 Å². The van der Waals surface area contributed by atoms with Gasteiger partial charge in [0.25, 0.3) is 17.5 Å². The smallest absolute Gasteiger partial charge is 0.270 e. The number of carbonyl (C=O) groups is 2. The number of hydrogen-bond donors (Lipinski definition) is 2. The van der Waals surface area contributed by atoms with E-state index in [0.29, 0.717) is 11.3 Å². The lowest BCUT2D eigenvalue weighted by atomic mass is 10.1. The molecule has 120 valence electrons. The summed E-state index contributed by atoms with van der Waals surface area (Å²) in [5.41, 5.74) is 0.291. The number of thiocarbonyl (C=S) groups is 1. The van der Waals surface area contributed by atoms with Gasteiger partial charge in [0.05, 0.1) is 4.92 Å². The first-order valence-electron chi connectivity index (χ1n) is 6.67. The summed E-state index contributed by atoms with van der Waals surface area (Å²) in [4.78, 5) is 33.9. The topological polar surface area (TPSA) is 114 Å². The second-order valence-electron chi connectivity index (χ2n) is 4.80. The Kier molecular flexibility index (Phi) is 3.92. The first kappa shape index (κ1) is 15.6. The zero-order chi connectivity index (χ0) is 17.3. The van der Waals surface area contributed by atoms with E-state index in [1.54, 1.807) is 18.2 Å². The summed E-state index contributed by atoms with van der Waals surface area (Å²) in [5.74, 6) is -0.628. The third-order valence-electron chi connectivity index (χ3n) is 3.20. The van der Waals surface area contributed by atoms with Crippen molar-refractivity contribution in [2.24, 2.45) is 0 Å². The van der Waals surface area contributed by atoms with Crippen LogP contribution >= 0.6 is 12.2 Å². The van der Waals surface area contributed by atoms with Crippen molar-refractivity contribution in [2.45, 2.75) is 0 Å². The second kappa shape index (κ2) is 6.05. The molecule has 0 saturated carbocycles. The molecule has 0 spiro atoms. The number of nitro groups is 1. The predicted molar refractivity (Wildman–Crippen MR) is 87.7 cm³/mol. The molecule has 24 heavy (non-hydrogen) atoms. The molecule has 8 nitrogen and oxygen atoms in total. The van der Waals surface area contributed by atoms with Crippen LogP contribution in [0.15, 0.2) is 46.4 Å². The number of nitrogens with zero attached hydrogens (tertiary/aromatic N) is 1. The van der Waals surface area contributed by atoms with E-state index >= 15 is 0 Å². The lowest BCUT2D eigenvalue weighted by molar-refractivity contribution is -0.384. The van der Waals surface area contributed by atoms with Crippen LogP contribution < -0.4 is 10.6 Å². The van der Waals surface area contributed by atoms with Gasteiger partial charge in [-0.15, -0.1) is 0 Å². The normalized spacial score (nSPS) is 14.2. The van der Waals surface area contributed by atoms with Crippen LogP contribution in [0.25, 0.3) is 17.4 Å². The number of benzene rings is 1. The van der Waals surface area contributed by atoms with Crippen molar-refractivity contribution in [3.63, 3.8) is 0 Å². The van der Waals surface area contributed by atoms with Gasteiger partial charge in [0.2, 0.25) is 0 Å². The Bertz CT molecular complexity index is 893. The molecule has 2 N–H and O–H groups in total. The van der Waals surface area contributed by atoms with Crippen molar-refractivity contribution in [2.75, 3.05) is 0 Å². The zero-order valence-electron chi connectivity index (χ0n) is 11.9. The van der Waals surface area contributed by atoms with Crippen molar-refractivity contribution in [3.05, 3.63) is 57.8 Å². The molecular formula is C15H9N3O5S. The molecule has 1 aliphatic heterocycles. The van der Waals surface area contributed by atoms with Crippen molar-refractivity contribution in [1.82, 2.24) is 10.6 Å². The van der Waals surface area contributed by atoms with Gasteiger partial charge in [-0.25, -0.2) is 0 Å². The fourth-order valence-electron chi connectivity index (χ4n) is 2.11. The van der Waals surface area contributed by atoms with Gasteiger partial charge in [-0.3, -0.25) is 30.3 Å². The molecule has 3 rings (SSSR count). The van der Waals surface area contributed by atoms with Gasteiger partial charge in [-0.05, 0) is 30.4 Å². The molecule has 2 heterocycles. The van der Waals surface area contributed by atoms with E-state index in [1.807, 2.05) is 0 Å². The summed E-state index contributed by atoms with van der Waals surface area (Å²) in [6, 6.07) is 9.07. The second-order valence-corrected chi connectivity index (χ2v) is 5.21. The minimum absolute atomic E-state index is 0.0566. The van der Waals surface area contributed by atoms with E-state index in [1.165, 1.54) is 24.3 Å². The minimum Gasteiger partial charge on any atom is -0.457 e. The molecule has 9 heteroatoms. The Morgan fingerprint density at radius 2 is 1.83 bits per heavy atom. The van der Waals surface area contributed by atoms with E-state index in [0.717, 1.165) is 0 Å². The Labute approximate surface area is 140 Å². The van der Waals surface area contributed by atoms with Crippen LogP contribution in [0.1, 0.15) is 5.76 Å². The number of nitrogens with one attached hydrogen (secondary N) is 2. The lowest BCUT2D eigenvalue weighted by Gasteiger charge is -2.15. The summed E-state index contributed by atoms with van der Waals surface area (Å²) in [6.07, 6.45) is 1.27. The molecule has 0 aliphatic carbocycles. The van der Waals surface area contributed by atoms with Gasteiger partial charge in [0.15, 0.2) is 5.11 Å². The van der Waals surface area contributed by atoms with E-state index in [4.69, 9.17) is 16.6 Å². The van der Waals surface area contributed by atoms with Crippen LogP contribution in [-0.4, -0.2) is 21.9 Å². The number of hydrogen-bond acceptors (Lipinski definition) is 6. The highest BCUT2D eigenvalue weighted by Crippen LogP contribution is 2.26. The Morgan fingerprint density at radius 1 is 1.12 bits per heavy atom. The summed E-state index contributed by atoms with van der Waals surface area (Å²) < 4.78 is 5.54. The van der Waals surface area contributed by atoms with Crippen LogP contribution in [0.5, 0.6) is 0 Å². The Morgan fingerprint density at radius 3 is 2.50 bits per heavy atom. The molecule has 1 aliphatic rings. The molecule has 2 amide bonds. The maximum atomic E-state index is 11.8. The van der Waals surface area contributed by atoms with Crippen molar-refractivity contribution < 1.29 is 18.9 Å². The van der Waals surface area contributed by atoms with Gasteiger partial charge in [-0.1, -0.05) is 12.1 Å². The lowest BCUT2D eigenvalue weighted by Crippen LogP contribution is -2.51. The minimum atomic E-state index is -0.628. The van der Waals surface area contributed by atoms with Crippen molar-refractivity contribution in [1.29, 1.82) is 0 Å². The number of carbonyl (C=O) groups excluding carboxylic acids is 2.